The largest absolute Gasteiger partial charge is 0.465 e. The molecule has 0 radical (unpaired) electrons. The van der Waals surface area contributed by atoms with Crippen LogP contribution in [0.2, 0.25) is 0 Å². The number of carbonyl (C=O) groups excluding carboxylic acids is 1. The first-order chi connectivity index (χ1) is 10.0. The quantitative estimate of drug-likeness (QED) is 0.785. The maximum atomic E-state index is 12.0. The molecule has 2 heterocycles. The van der Waals surface area contributed by atoms with Crippen molar-refractivity contribution in [2.24, 2.45) is 5.92 Å². The molecule has 1 aliphatic heterocycles. The molecule has 1 N–H and O–H groups in total. The number of anilines is 1. The van der Waals surface area contributed by atoms with Crippen LogP contribution in [0.15, 0.2) is 5.38 Å². The molecule has 5 nitrogen and oxygen atoms in total. The Morgan fingerprint density at radius 3 is 3.10 bits per heavy atom. The van der Waals surface area contributed by atoms with E-state index in [4.69, 9.17) is 9.47 Å². The minimum atomic E-state index is -0.703. The van der Waals surface area contributed by atoms with Crippen LogP contribution in [0.4, 0.5) is 5.13 Å². The minimum Gasteiger partial charge on any atom is -0.465 e. The number of thiazole rings is 1. The van der Waals surface area contributed by atoms with Gasteiger partial charge in [-0.15, -0.1) is 11.3 Å². The third kappa shape index (κ3) is 4.17. The van der Waals surface area contributed by atoms with Crippen molar-refractivity contribution in [2.45, 2.75) is 39.0 Å². The van der Waals surface area contributed by atoms with Crippen LogP contribution in [0.5, 0.6) is 0 Å². The van der Waals surface area contributed by atoms with Crippen LogP contribution in [0, 0.1) is 5.92 Å². The van der Waals surface area contributed by atoms with E-state index in [0.29, 0.717) is 12.5 Å². The second-order valence-corrected chi connectivity index (χ2v) is 6.69. The summed E-state index contributed by atoms with van der Waals surface area (Å²) in [4.78, 5) is 16.5. The van der Waals surface area contributed by atoms with Crippen molar-refractivity contribution in [3.8, 4) is 0 Å². The van der Waals surface area contributed by atoms with Crippen LogP contribution in [-0.2, 0) is 19.7 Å². The van der Waals surface area contributed by atoms with Gasteiger partial charge in [-0.2, -0.15) is 0 Å². The third-order valence-electron chi connectivity index (χ3n) is 3.78. The molecule has 1 aliphatic rings. The van der Waals surface area contributed by atoms with Gasteiger partial charge >= 0.3 is 5.97 Å². The molecule has 1 saturated heterocycles. The monoisotopic (exact) mass is 312 g/mol. The van der Waals surface area contributed by atoms with E-state index in [1.165, 1.54) is 11.3 Å². The highest BCUT2D eigenvalue weighted by Crippen LogP contribution is 2.28. The van der Waals surface area contributed by atoms with Crippen LogP contribution < -0.4 is 5.32 Å². The molecule has 1 aromatic heterocycles. The summed E-state index contributed by atoms with van der Waals surface area (Å²) in [5.41, 5.74) is 0.0591. The molecule has 0 aliphatic carbocycles. The molecular formula is C15H24N2O3S. The Morgan fingerprint density at radius 2 is 2.43 bits per heavy atom. The second kappa shape index (κ2) is 7.22. The predicted octanol–water partition coefficient (Wildman–Crippen LogP) is 2.82. The highest BCUT2D eigenvalue weighted by molar-refractivity contribution is 7.13. The van der Waals surface area contributed by atoms with Crippen LogP contribution >= 0.6 is 11.3 Å². The van der Waals surface area contributed by atoms with Crippen LogP contribution in [0.1, 0.15) is 39.3 Å². The minimum absolute atomic E-state index is 0.232. The van der Waals surface area contributed by atoms with Crippen molar-refractivity contribution in [3.63, 3.8) is 0 Å². The molecule has 0 aromatic carbocycles. The molecule has 21 heavy (non-hydrogen) atoms. The molecule has 118 valence electrons. The standard InChI is InChI=1S/C15H24N2O3S/c1-4-20-13(18)15(2,3)12-10-21-14(17-12)16-7-5-11-6-8-19-9-11/h10-11H,4-9H2,1-3H3,(H,16,17). The molecular weight excluding hydrogens is 288 g/mol. The van der Waals surface area contributed by atoms with Crippen molar-refractivity contribution in [1.82, 2.24) is 4.98 Å². The van der Waals surface area contributed by atoms with Gasteiger partial charge in [-0.25, -0.2) is 4.98 Å². The van der Waals surface area contributed by atoms with Crippen LogP contribution in [0.3, 0.4) is 0 Å². The first-order valence-corrected chi connectivity index (χ1v) is 8.37. The Balaban J connectivity index is 1.86. The summed E-state index contributed by atoms with van der Waals surface area (Å²) in [6.45, 7) is 8.55. The van der Waals surface area contributed by atoms with Gasteiger partial charge in [0.1, 0.15) is 5.41 Å². The number of rotatable bonds is 7. The molecule has 1 unspecified atom stereocenters. The maximum Gasteiger partial charge on any atom is 0.317 e. The van der Waals surface area contributed by atoms with Crippen molar-refractivity contribution in [1.29, 1.82) is 0 Å². The zero-order valence-electron chi connectivity index (χ0n) is 13.0. The SMILES string of the molecule is CCOC(=O)C(C)(C)c1csc(NCCC2CCOC2)n1. The molecule has 1 fully saturated rings. The van der Waals surface area contributed by atoms with Gasteiger partial charge in [-0.1, -0.05) is 0 Å². The lowest BCUT2D eigenvalue weighted by atomic mass is 9.90. The highest BCUT2D eigenvalue weighted by Gasteiger charge is 2.33. The van der Waals surface area contributed by atoms with Gasteiger partial charge in [0.05, 0.1) is 12.3 Å². The molecule has 2 rings (SSSR count). The molecule has 6 heteroatoms. The van der Waals surface area contributed by atoms with Gasteiger partial charge in [-0.3, -0.25) is 4.79 Å². The number of hydrogen-bond acceptors (Lipinski definition) is 6. The Bertz CT molecular complexity index is 467. The molecule has 0 bridgehead atoms. The summed E-state index contributed by atoms with van der Waals surface area (Å²) in [6, 6.07) is 0. The first kappa shape index (κ1) is 16.2. The lowest BCUT2D eigenvalue weighted by Gasteiger charge is -2.19. The Hall–Kier alpha value is -1.14. The topological polar surface area (TPSA) is 60.5 Å². The summed E-state index contributed by atoms with van der Waals surface area (Å²) in [7, 11) is 0. The number of ether oxygens (including phenoxy) is 2. The Labute approximate surface area is 130 Å². The third-order valence-corrected chi connectivity index (χ3v) is 4.58. The van der Waals surface area contributed by atoms with Crippen LogP contribution in [-0.4, -0.2) is 37.3 Å². The van der Waals surface area contributed by atoms with Gasteiger partial charge in [0.15, 0.2) is 5.13 Å². The van der Waals surface area contributed by atoms with Crippen molar-refractivity contribution in [2.75, 3.05) is 31.7 Å². The predicted molar refractivity (Wildman–Crippen MR) is 83.8 cm³/mol. The average molecular weight is 312 g/mol. The highest BCUT2D eigenvalue weighted by atomic mass is 32.1. The van der Waals surface area contributed by atoms with E-state index in [0.717, 1.165) is 43.4 Å². The van der Waals surface area contributed by atoms with Gasteiger partial charge in [0.25, 0.3) is 0 Å². The average Bonchev–Trinajstić information content (AvgIpc) is 3.10. The summed E-state index contributed by atoms with van der Waals surface area (Å²) in [5.74, 6) is 0.429. The van der Waals surface area contributed by atoms with E-state index < -0.39 is 5.41 Å². The maximum absolute atomic E-state index is 12.0. The number of hydrogen-bond donors (Lipinski definition) is 1. The van der Waals surface area contributed by atoms with Crippen LogP contribution in [0.25, 0.3) is 0 Å². The Kier molecular flexibility index (Phi) is 5.58. The lowest BCUT2D eigenvalue weighted by Crippen LogP contribution is -2.31. The summed E-state index contributed by atoms with van der Waals surface area (Å²) < 4.78 is 10.5. The normalized spacial score (nSPS) is 18.7. The van der Waals surface area contributed by atoms with Crippen molar-refractivity contribution < 1.29 is 14.3 Å². The van der Waals surface area contributed by atoms with Gasteiger partial charge in [-0.05, 0) is 39.5 Å². The number of esters is 1. The van der Waals surface area contributed by atoms with E-state index in [9.17, 15) is 4.79 Å². The fourth-order valence-electron chi connectivity index (χ4n) is 2.25. The number of carbonyl (C=O) groups is 1. The van der Waals surface area contributed by atoms with Gasteiger partial charge in [0, 0.05) is 25.1 Å². The molecule has 0 spiro atoms. The number of aromatic nitrogens is 1. The lowest BCUT2D eigenvalue weighted by molar-refractivity contribution is -0.148. The van der Waals surface area contributed by atoms with Gasteiger partial charge < -0.3 is 14.8 Å². The number of nitrogens with one attached hydrogen (secondary N) is 1. The summed E-state index contributed by atoms with van der Waals surface area (Å²) in [5, 5.41) is 6.13. The Morgan fingerprint density at radius 1 is 1.62 bits per heavy atom. The smallest absolute Gasteiger partial charge is 0.317 e. The fraction of sp³-hybridized carbons (Fsp3) is 0.733. The molecule has 0 amide bonds. The fourth-order valence-corrected chi connectivity index (χ4v) is 3.16. The first-order valence-electron chi connectivity index (χ1n) is 7.49. The van der Waals surface area contributed by atoms with E-state index in [1.807, 2.05) is 26.2 Å². The van der Waals surface area contributed by atoms with E-state index >= 15 is 0 Å². The van der Waals surface area contributed by atoms with E-state index in [-0.39, 0.29) is 5.97 Å². The summed E-state index contributed by atoms with van der Waals surface area (Å²) in [6.07, 6.45) is 2.25. The molecule has 0 saturated carbocycles. The van der Waals surface area contributed by atoms with E-state index in [2.05, 4.69) is 10.3 Å². The zero-order valence-corrected chi connectivity index (χ0v) is 13.8. The van der Waals surface area contributed by atoms with E-state index in [1.54, 1.807) is 0 Å². The second-order valence-electron chi connectivity index (χ2n) is 5.83. The summed E-state index contributed by atoms with van der Waals surface area (Å²) >= 11 is 1.53. The number of nitrogens with zero attached hydrogens (tertiary/aromatic N) is 1. The van der Waals surface area contributed by atoms with Crippen molar-refractivity contribution in [3.05, 3.63) is 11.1 Å². The van der Waals surface area contributed by atoms with Gasteiger partial charge in [0.2, 0.25) is 0 Å². The zero-order chi connectivity index (χ0) is 15.3. The van der Waals surface area contributed by atoms with Crippen molar-refractivity contribution >= 4 is 22.4 Å². The molecule has 1 atom stereocenters. The molecule has 1 aromatic rings.